The number of esters is 1. The number of amides is 2. The van der Waals surface area contributed by atoms with Crippen LogP contribution in [-0.2, 0) is 14.3 Å². The lowest BCUT2D eigenvalue weighted by atomic mass is 9.49. The van der Waals surface area contributed by atoms with Gasteiger partial charge in [-0.25, -0.2) is 4.79 Å². The number of para-hydroxylation sites is 1. The van der Waals surface area contributed by atoms with Gasteiger partial charge in [0.05, 0.1) is 12.8 Å². The lowest BCUT2D eigenvalue weighted by Crippen LogP contribution is -2.53. The first-order valence-corrected chi connectivity index (χ1v) is 10.4. The molecule has 0 saturated heterocycles. The van der Waals surface area contributed by atoms with E-state index < -0.39 is 5.97 Å². The number of phenols is 1. The third kappa shape index (κ3) is 3.82. The molecular weight excluding hydrogens is 372 g/mol. The maximum atomic E-state index is 12.9. The van der Waals surface area contributed by atoms with E-state index in [1.807, 2.05) is 0 Å². The van der Waals surface area contributed by atoms with E-state index in [9.17, 15) is 19.5 Å². The van der Waals surface area contributed by atoms with E-state index >= 15 is 0 Å². The van der Waals surface area contributed by atoms with Gasteiger partial charge in [-0.15, -0.1) is 0 Å². The molecule has 4 aliphatic carbocycles. The summed E-state index contributed by atoms with van der Waals surface area (Å²) in [5.74, 6) is 0.834. The summed E-state index contributed by atoms with van der Waals surface area (Å²) in [6, 6.07) is 4.48. The molecule has 0 heterocycles. The second-order valence-corrected chi connectivity index (χ2v) is 8.95. The molecule has 5 rings (SSSR count). The Morgan fingerprint density at radius 2 is 1.72 bits per heavy atom. The fourth-order valence-electron chi connectivity index (χ4n) is 6.00. The van der Waals surface area contributed by atoms with Crippen LogP contribution in [0.2, 0.25) is 0 Å². The van der Waals surface area contributed by atoms with Crippen LogP contribution in [0.5, 0.6) is 5.75 Å². The summed E-state index contributed by atoms with van der Waals surface area (Å²) in [6.45, 7) is 0.254. The Morgan fingerprint density at radius 1 is 1.10 bits per heavy atom. The first-order valence-electron chi connectivity index (χ1n) is 10.4. The van der Waals surface area contributed by atoms with Crippen LogP contribution in [0.4, 0.5) is 5.69 Å². The zero-order valence-electron chi connectivity index (χ0n) is 16.7. The summed E-state index contributed by atoms with van der Waals surface area (Å²) < 4.78 is 4.61. The summed E-state index contributed by atoms with van der Waals surface area (Å²) in [5.41, 5.74) is -0.0936. The topological polar surface area (TPSA) is 105 Å². The van der Waals surface area contributed by atoms with E-state index in [2.05, 4.69) is 15.4 Å². The van der Waals surface area contributed by atoms with Gasteiger partial charge in [0.15, 0.2) is 5.75 Å². The van der Waals surface area contributed by atoms with Crippen LogP contribution >= 0.6 is 0 Å². The third-order valence-corrected chi connectivity index (χ3v) is 6.87. The molecule has 0 radical (unpaired) electrons. The Hall–Kier alpha value is -2.57. The van der Waals surface area contributed by atoms with Gasteiger partial charge < -0.3 is 20.5 Å². The molecule has 0 atom stereocenters. The summed E-state index contributed by atoms with van der Waals surface area (Å²) >= 11 is 0. The second kappa shape index (κ2) is 7.69. The highest BCUT2D eigenvalue weighted by Gasteiger charge is 2.54. The molecule has 7 nitrogen and oxygen atoms in total. The Bertz CT molecular complexity index is 799. The molecule has 156 valence electrons. The number of hydrogen-bond acceptors (Lipinski definition) is 5. The minimum atomic E-state index is -0.679. The first-order chi connectivity index (χ1) is 13.9. The summed E-state index contributed by atoms with van der Waals surface area (Å²) in [6.07, 6.45) is 6.91. The van der Waals surface area contributed by atoms with Gasteiger partial charge in [0.1, 0.15) is 5.56 Å². The van der Waals surface area contributed by atoms with E-state index in [1.54, 1.807) is 6.07 Å². The van der Waals surface area contributed by atoms with Crippen molar-refractivity contribution in [1.82, 2.24) is 5.32 Å². The fourth-order valence-corrected chi connectivity index (χ4v) is 6.00. The number of carbonyl (C=O) groups is 3. The monoisotopic (exact) mass is 400 g/mol. The molecule has 2 amide bonds. The number of carbonyl (C=O) groups excluding carboxylic acids is 3. The molecule has 4 saturated carbocycles. The summed E-state index contributed by atoms with van der Waals surface area (Å²) in [4.78, 5) is 36.8. The van der Waals surface area contributed by atoms with Crippen LogP contribution < -0.4 is 10.6 Å². The van der Waals surface area contributed by atoms with E-state index in [0.29, 0.717) is 17.8 Å². The fraction of sp³-hybridized carbons (Fsp3) is 0.591. The van der Waals surface area contributed by atoms with Crippen molar-refractivity contribution in [2.24, 2.45) is 23.2 Å². The maximum absolute atomic E-state index is 12.9. The number of phenolic OH excluding ortho intramolecular Hbond substituents is 1. The number of aromatic hydroxyl groups is 1. The molecule has 3 N–H and O–H groups in total. The Kier molecular flexibility index (Phi) is 5.23. The molecule has 0 aliphatic heterocycles. The average molecular weight is 400 g/mol. The van der Waals surface area contributed by atoms with E-state index in [4.69, 9.17) is 0 Å². The molecule has 4 bridgehead atoms. The van der Waals surface area contributed by atoms with Crippen LogP contribution in [0.25, 0.3) is 0 Å². The van der Waals surface area contributed by atoms with Crippen LogP contribution in [0, 0.1) is 23.2 Å². The molecule has 1 aromatic rings. The summed E-state index contributed by atoms with van der Waals surface area (Å²) in [7, 11) is 1.22. The van der Waals surface area contributed by atoms with Gasteiger partial charge in [-0.3, -0.25) is 9.59 Å². The SMILES string of the molecule is COC(=O)c1cccc(NC(=O)CCNC(=O)C23CC4CC(CC(C4)C2)C3)c1O. The van der Waals surface area contributed by atoms with Crippen molar-refractivity contribution in [1.29, 1.82) is 0 Å². The number of ether oxygens (including phenoxy) is 1. The van der Waals surface area contributed by atoms with E-state index in [1.165, 1.54) is 38.5 Å². The Balaban J connectivity index is 1.30. The van der Waals surface area contributed by atoms with E-state index in [-0.39, 0.29) is 47.2 Å². The standard InChI is InChI=1S/C22H28N2O5/c1-29-20(27)16-3-2-4-17(19(16)26)24-18(25)5-6-23-21(28)22-10-13-7-14(11-22)9-15(8-13)12-22/h2-4,13-15,26H,5-12H2,1H3,(H,23,28)(H,24,25). The smallest absolute Gasteiger partial charge is 0.341 e. The molecule has 4 aliphatic rings. The van der Waals surface area contributed by atoms with Gasteiger partial charge in [0.25, 0.3) is 0 Å². The number of nitrogens with one attached hydrogen (secondary N) is 2. The Morgan fingerprint density at radius 3 is 2.31 bits per heavy atom. The minimum Gasteiger partial charge on any atom is -0.505 e. The van der Waals surface area contributed by atoms with E-state index in [0.717, 1.165) is 19.3 Å². The lowest BCUT2D eigenvalue weighted by Gasteiger charge is -2.55. The predicted molar refractivity (Wildman–Crippen MR) is 106 cm³/mol. The number of anilines is 1. The van der Waals surface area contributed by atoms with Crippen molar-refractivity contribution in [2.75, 3.05) is 19.0 Å². The van der Waals surface area contributed by atoms with Crippen LogP contribution in [-0.4, -0.2) is 36.5 Å². The predicted octanol–water partition coefficient (Wildman–Crippen LogP) is 2.84. The molecular formula is C22H28N2O5. The molecule has 7 heteroatoms. The molecule has 1 aromatic carbocycles. The molecule has 0 aromatic heterocycles. The Labute approximate surface area is 170 Å². The number of methoxy groups -OCH3 is 1. The largest absolute Gasteiger partial charge is 0.505 e. The van der Waals surface area contributed by atoms with Gasteiger partial charge >= 0.3 is 5.97 Å². The van der Waals surface area contributed by atoms with Crippen molar-refractivity contribution in [3.05, 3.63) is 23.8 Å². The molecule has 4 fully saturated rings. The number of rotatable bonds is 6. The van der Waals surface area contributed by atoms with Gasteiger partial charge in [-0.1, -0.05) is 6.07 Å². The van der Waals surface area contributed by atoms with Crippen molar-refractivity contribution in [3.63, 3.8) is 0 Å². The zero-order valence-corrected chi connectivity index (χ0v) is 16.7. The highest BCUT2D eigenvalue weighted by Crippen LogP contribution is 2.60. The first kappa shape index (κ1) is 19.7. The van der Waals surface area contributed by atoms with Crippen LogP contribution in [0.15, 0.2) is 18.2 Å². The average Bonchev–Trinajstić information content (AvgIpc) is 2.68. The quantitative estimate of drug-likeness (QED) is 0.503. The van der Waals surface area contributed by atoms with Crippen molar-refractivity contribution >= 4 is 23.5 Å². The van der Waals surface area contributed by atoms with Crippen molar-refractivity contribution < 1.29 is 24.2 Å². The third-order valence-electron chi connectivity index (χ3n) is 6.87. The molecule has 0 spiro atoms. The molecule has 0 unspecified atom stereocenters. The number of benzene rings is 1. The van der Waals surface area contributed by atoms with Crippen LogP contribution in [0.1, 0.15) is 55.3 Å². The molecule has 29 heavy (non-hydrogen) atoms. The van der Waals surface area contributed by atoms with Crippen molar-refractivity contribution in [2.45, 2.75) is 44.9 Å². The van der Waals surface area contributed by atoms with Gasteiger partial charge in [0, 0.05) is 18.4 Å². The van der Waals surface area contributed by atoms with Crippen molar-refractivity contribution in [3.8, 4) is 5.75 Å². The highest BCUT2D eigenvalue weighted by atomic mass is 16.5. The van der Waals surface area contributed by atoms with Crippen LogP contribution in [0.3, 0.4) is 0 Å². The zero-order chi connectivity index (χ0) is 20.6. The van der Waals surface area contributed by atoms with Gasteiger partial charge in [0.2, 0.25) is 11.8 Å². The van der Waals surface area contributed by atoms with Gasteiger partial charge in [-0.2, -0.15) is 0 Å². The van der Waals surface area contributed by atoms with Gasteiger partial charge in [-0.05, 0) is 68.4 Å². The number of hydrogen-bond donors (Lipinski definition) is 3. The maximum Gasteiger partial charge on any atom is 0.341 e. The highest BCUT2D eigenvalue weighted by molar-refractivity contribution is 5.98. The lowest BCUT2D eigenvalue weighted by molar-refractivity contribution is -0.146. The normalized spacial score (nSPS) is 29.3. The minimum absolute atomic E-state index is 0.0135. The summed E-state index contributed by atoms with van der Waals surface area (Å²) in [5, 5.41) is 15.7. The second-order valence-electron chi connectivity index (χ2n) is 8.95.